The molecule has 2 aromatic carbocycles. The minimum absolute atomic E-state index is 0.0823. The lowest BCUT2D eigenvalue weighted by Gasteiger charge is -2.35. The molecule has 0 aliphatic carbocycles. The van der Waals surface area contributed by atoms with Crippen LogP contribution in [0, 0.1) is 0 Å². The van der Waals surface area contributed by atoms with Gasteiger partial charge in [-0.15, -0.1) is 5.10 Å². The number of hydrogen-bond donors (Lipinski definition) is 0. The third-order valence-corrected chi connectivity index (χ3v) is 7.54. The average Bonchev–Trinajstić information content (AvgIpc) is 3.53. The minimum atomic E-state index is -0.652. The van der Waals surface area contributed by atoms with Crippen LogP contribution in [0.5, 0.6) is 5.75 Å². The Hall–Kier alpha value is -3.45. The van der Waals surface area contributed by atoms with E-state index in [0.29, 0.717) is 13.2 Å². The molecule has 1 amide bonds. The Labute approximate surface area is 206 Å². The first-order valence-electron chi connectivity index (χ1n) is 12.5. The first-order chi connectivity index (χ1) is 17.1. The molecule has 6 rings (SSSR count). The van der Waals surface area contributed by atoms with Crippen LogP contribution in [0.1, 0.15) is 49.6 Å². The van der Waals surface area contributed by atoms with Crippen molar-refractivity contribution < 1.29 is 9.53 Å². The lowest BCUT2D eigenvalue weighted by atomic mass is 9.72. The van der Waals surface area contributed by atoms with E-state index in [1.807, 2.05) is 27.9 Å². The van der Waals surface area contributed by atoms with Gasteiger partial charge >= 0.3 is 0 Å². The number of aryl methyl sites for hydroxylation is 1. The summed E-state index contributed by atoms with van der Waals surface area (Å²) in [6, 6.07) is 16.6. The highest BCUT2D eigenvalue weighted by Gasteiger charge is 2.60. The second-order valence-corrected chi connectivity index (χ2v) is 10.1. The van der Waals surface area contributed by atoms with Crippen LogP contribution in [-0.2, 0) is 23.3 Å². The summed E-state index contributed by atoms with van der Waals surface area (Å²) in [4.78, 5) is 18.9. The molecule has 0 saturated carbocycles. The van der Waals surface area contributed by atoms with Crippen LogP contribution in [0.25, 0.3) is 0 Å². The van der Waals surface area contributed by atoms with Gasteiger partial charge in [0, 0.05) is 31.7 Å². The molecule has 4 heterocycles. The Morgan fingerprint density at radius 2 is 2.06 bits per heavy atom. The molecule has 35 heavy (non-hydrogen) atoms. The molecule has 0 N–H and O–H groups in total. The predicted octanol–water partition coefficient (Wildman–Crippen LogP) is 4.26. The Bertz CT molecular complexity index is 1290. The van der Waals surface area contributed by atoms with Crippen molar-refractivity contribution in [2.75, 3.05) is 24.6 Å². The topological polar surface area (TPSA) is 63.5 Å². The van der Waals surface area contributed by atoms with Gasteiger partial charge in [0.05, 0.1) is 30.8 Å². The van der Waals surface area contributed by atoms with Gasteiger partial charge in [0.2, 0.25) is 5.91 Å². The lowest BCUT2D eigenvalue weighted by Crippen LogP contribution is -2.44. The number of likely N-dealkylation sites (tertiary alicyclic amines) is 1. The SMILES string of the molecule is CC(C)=CCN1CC[C@@]23C(=O)N(Cc4cn(nn4)CCCOc4cccc(c4)[C@H]12)c1ccccc13. The average molecular weight is 470 g/mol. The summed E-state index contributed by atoms with van der Waals surface area (Å²) >= 11 is 0. The fourth-order valence-electron chi connectivity index (χ4n) is 5.98. The molecule has 3 aliphatic heterocycles. The molecular formula is C28H31N5O2. The number of amides is 1. The van der Waals surface area contributed by atoms with Crippen molar-refractivity contribution in [3.05, 3.63) is 83.2 Å². The maximum absolute atomic E-state index is 14.5. The third-order valence-electron chi connectivity index (χ3n) is 7.54. The molecule has 180 valence electrons. The van der Waals surface area contributed by atoms with Gasteiger partial charge in [-0.25, -0.2) is 0 Å². The van der Waals surface area contributed by atoms with Crippen LogP contribution in [-0.4, -0.2) is 45.5 Å². The summed E-state index contributed by atoms with van der Waals surface area (Å²) in [7, 11) is 0. The summed E-state index contributed by atoms with van der Waals surface area (Å²) in [5.74, 6) is 0.996. The molecule has 0 radical (unpaired) electrons. The highest BCUT2D eigenvalue weighted by molar-refractivity contribution is 6.09. The number of ether oxygens (including phenoxy) is 1. The Balaban J connectivity index is 1.54. The zero-order chi connectivity index (χ0) is 24.0. The minimum Gasteiger partial charge on any atom is -0.494 e. The van der Waals surface area contributed by atoms with E-state index in [-0.39, 0.29) is 11.9 Å². The highest BCUT2D eigenvalue weighted by atomic mass is 16.5. The van der Waals surface area contributed by atoms with Crippen molar-refractivity contribution in [3.63, 3.8) is 0 Å². The van der Waals surface area contributed by atoms with Gasteiger partial charge in [-0.05, 0) is 49.6 Å². The molecule has 1 spiro atoms. The molecule has 0 unspecified atom stereocenters. The number of hydrogen-bond acceptors (Lipinski definition) is 5. The van der Waals surface area contributed by atoms with Crippen LogP contribution in [0.2, 0.25) is 0 Å². The van der Waals surface area contributed by atoms with Gasteiger partial charge in [-0.1, -0.05) is 47.2 Å². The Morgan fingerprint density at radius 1 is 1.17 bits per heavy atom. The summed E-state index contributed by atoms with van der Waals surface area (Å²) in [5, 5.41) is 8.67. The van der Waals surface area contributed by atoms with Gasteiger partial charge in [0.1, 0.15) is 11.4 Å². The quantitative estimate of drug-likeness (QED) is 0.525. The number of allylic oxidation sites excluding steroid dienone is 1. The van der Waals surface area contributed by atoms with E-state index in [4.69, 9.17) is 4.74 Å². The number of benzene rings is 2. The number of fused-ring (bicyclic) bond motifs is 8. The third kappa shape index (κ3) is 3.65. The van der Waals surface area contributed by atoms with Gasteiger partial charge in [0.25, 0.3) is 0 Å². The summed E-state index contributed by atoms with van der Waals surface area (Å²) in [6.45, 7) is 7.66. The molecular weight excluding hydrogens is 438 g/mol. The van der Waals surface area contributed by atoms with E-state index in [1.54, 1.807) is 0 Å². The van der Waals surface area contributed by atoms with E-state index in [1.165, 1.54) is 5.57 Å². The largest absolute Gasteiger partial charge is 0.494 e. The standard InChI is InChI=1S/C28H31N5O2/c1-20(2)11-14-31-15-12-28-24-9-3-4-10-25(24)33(27(28)34)19-22-18-32(30-29-22)13-6-16-35-23-8-5-7-21(17-23)26(28)31/h3-5,7-11,17-18,26H,6,12-16,19H2,1-2H3/t26-,28-/m0/s1. The zero-order valence-electron chi connectivity index (χ0n) is 20.4. The number of anilines is 1. The molecule has 2 atom stereocenters. The van der Waals surface area contributed by atoms with Crippen LogP contribution < -0.4 is 9.64 Å². The van der Waals surface area contributed by atoms with Crippen molar-refractivity contribution in [2.24, 2.45) is 0 Å². The molecule has 1 aromatic heterocycles. The van der Waals surface area contributed by atoms with Crippen molar-refractivity contribution in [2.45, 2.75) is 51.2 Å². The van der Waals surface area contributed by atoms with E-state index in [2.05, 4.69) is 71.5 Å². The fourth-order valence-corrected chi connectivity index (χ4v) is 5.98. The highest BCUT2D eigenvalue weighted by Crippen LogP contribution is 2.57. The van der Waals surface area contributed by atoms with E-state index < -0.39 is 5.41 Å². The molecule has 7 nitrogen and oxygen atoms in total. The summed E-state index contributed by atoms with van der Waals surface area (Å²) in [6.07, 6.45) is 5.82. The van der Waals surface area contributed by atoms with Gasteiger partial charge in [-0.3, -0.25) is 14.4 Å². The first-order valence-corrected chi connectivity index (χ1v) is 12.5. The Kier molecular flexibility index (Phi) is 5.44. The van der Waals surface area contributed by atoms with E-state index in [9.17, 15) is 4.79 Å². The molecule has 6 bridgehead atoms. The van der Waals surface area contributed by atoms with Gasteiger partial charge in [0.15, 0.2) is 0 Å². The normalized spacial score (nSPS) is 23.7. The molecule has 1 fully saturated rings. The number of para-hydroxylation sites is 1. The number of nitrogens with zero attached hydrogens (tertiary/aromatic N) is 5. The summed E-state index contributed by atoms with van der Waals surface area (Å²) in [5.41, 5.74) is 4.66. The molecule has 3 aliphatic rings. The van der Waals surface area contributed by atoms with Crippen LogP contribution in [0.4, 0.5) is 5.69 Å². The second-order valence-electron chi connectivity index (χ2n) is 10.1. The number of rotatable bonds is 2. The van der Waals surface area contributed by atoms with Gasteiger partial charge < -0.3 is 9.64 Å². The fraction of sp³-hybridized carbons (Fsp3) is 0.393. The maximum Gasteiger partial charge on any atom is 0.240 e. The first kappa shape index (κ1) is 22.0. The number of aromatic nitrogens is 3. The van der Waals surface area contributed by atoms with Crippen molar-refractivity contribution >= 4 is 11.6 Å². The number of carbonyl (C=O) groups is 1. The van der Waals surface area contributed by atoms with Crippen molar-refractivity contribution in [1.82, 2.24) is 19.9 Å². The van der Waals surface area contributed by atoms with Crippen LogP contribution in [0.15, 0.2) is 66.4 Å². The monoisotopic (exact) mass is 469 g/mol. The molecule has 7 heteroatoms. The van der Waals surface area contributed by atoms with E-state index in [0.717, 1.165) is 60.7 Å². The van der Waals surface area contributed by atoms with Crippen molar-refractivity contribution in [1.29, 1.82) is 0 Å². The van der Waals surface area contributed by atoms with Crippen molar-refractivity contribution in [3.8, 4) is 5.75 Å². The lowest BCUT2D eigenvalue weighted by molar-refractivity contribution is -0.124. The second kappa shape index (κ2) is 8.64. The smallest absolute Gasteiger partial charge is 0.240 e. The number of carbonyl (C=O) groups excluding carboxylic acids is 1. The molecule has 3 aromatic rings. The van der Waals surface area contributed by atoms with Gasteiger partial charge in [-0.2, -0.15) is 0 Å². The van der Waals surface area contributed by atoms with Crippen LogP contribution >= 0.6 is 0 Å². The maximum atomic E-state index is 14.5. The predicted molar refractivity (Wildman–Crippen MR) is 134 cm³/mol. The molecule has 1 saturated heterocycles. The summed E-state index contributed by atoms with van der Waals surface area (Å²) < 4.78 is 7.98. The van der Waals surface area contributed by atoms with Crippen LogP contribution in [0.3, 0.4) is 0 Å². The Morgan fingerprint density at radius 3 is 2.94 bits per heavy atom. The van der Waals surface area contributed by atoms with E-state index >= 15 is 0 Å². The zero-order valence-corrected chi connectivity index (χ0v) is 20.4.